The van der Waals surface area contributed by atoms with Crippen molar-refractivity contribution in [1.82, 2.24) is 15.0 Å². The quantitative estimate of drug-likeness (QED) is 0.603. The Hall–Kier alpha value is -2.99. The molecule has 2 aromatic heterocycles. The minimum absolute atomic E-state index is 0.0102. The van der Waals surface area contributed by atoms with Gasteiger partial charge in [0.25, 0.3) is 0 Å². The fraction of sp³-hybridized carbons (Fsp3) is 0.250. The van der Waals surface area contributed by atoms with Gasteiger partial charge in [0.05, 0.1) is 24.0 Å². The number of nitrogens with zero attached hydrogens (tertiary/aromatic N) is 3. The van der Waals surface area contributed by atoms with E-state index in [0.29, 0.717) is 17.5 Å². The number of aliphatic hydroxyl groups excluding tert-OH is 1. The Balaban J connectivity index is 1.96. The van der Waals surface area contributed by atoms with Crippen LogP contribution in [0.4, 0.5) is 17.5 Å². The van der Waals surface area contributed by atoms with Gasteiger partial charge in [-0.25, -0.2) is 4.98 Å². The third kappa shape index (κ3) is 4.55. The lowest BCUT2D eigenvalue weighted by Gasteiger charge is -2.20. The van der Waals surface area contributed by atoms with Crippen molar-refractivity contribution >= 4 is 17.5 Å². The van der Waals surface area contributed by atoms with Crippen LogP contribution in [0, 0.1) is 5.92 Å². The van der Waals surface area contributed by atoms with Crippen LogP contribution >= 0.6 is 0 Å². The van der Waals surface area contributed by atoms with E-state index in [9.17, 15) is 5.11 Å². The topological polar surface area (TPSA) is 83.0 Å². The molecule has 0 aliphatic heterocycles. The van der Waals surface area contributed by atoms with Gasteiger partial charge in [-0.05, 0) is 30.2 Å². The van der Waals surface area contributed by atoms with Gasteiger partial charge in [-0.2, -0.15) is 4.98 Å². The highest BCUT2D eigenvalue weighted by Gasteiger charge is 2.15. The summed E-state index contributed by atoms with van der Waals surface area (Å²) < 4.78 is 0. The van der Waals surface area contributed by atoms with E-state index in [1.54, 1.807) is 6.20 Å². The van der Waals surface area contributed by atoms with Crippen LogP contribution in [-0.4, -0.2) is 32.7 Å². The third-order valence-electron chi connectivity index (χ3n) is 4.02. The summed E-state index contributed by atoms with van der Waals surface area (Å²) in [6.07, 6.45) is 1.74. The van der Waals surface area contributed by atoms with Gasteiger partial charge in [-0.1, -0.05) is 38.1 Å². The molecule has 3 rings (SSSR count). The van der Waals surface area contributed by atoms with E-state index in [-0.39, 0.29) is 18.6 Å². The van der Waals surface area contributed by atoms with Crippen molar-refractivity contribution in [2.75, 3.05) is 17.2 Å². The summed E-state index contributed by atoms with van der Waals surface area (Å²) in [4.78, 5) is 13.5. The number of benzene rings is 1. The number of aliphatic hydroxyl groups is 1. The zero-order valence-electron chi connectivity index (χ0n) is 14.9. The molecule has 0 spiro atoms. The van der Waals surface area contributed by atoms with Gasteiger partial charge in [-0.3, -0.25) is 4.98 Å². The third-order valence-corrected chi connectivity index (χ3v) is 4.02. The predicted molar refractivity (Wildman–Crippen MR) is 104 cm³/mol. The van der Waals surface area contributed by atoms with Crippen LogP contribution in [0.3, 0.4) is 0 Å². The van der Waals surface area contributed by atoms with E-state index >= 15 is 0 Å². The lowest BCUT2D eigenvalue weighted by Crippen LogP contribution is -2.30. The highest BCUT2D eigenvalue weighted by Crippen LogP contribution is 2.23. The second-order valence-corrected chi connectivity index (χ2v) is 6.35. The molecule has 0 saturated carbocycles. The number of rotatable bonds is 7. The maximum absolute atomic E-state index is 9.60. The minimum Gasteiger partial charge on any atom is -0.394 e. The first-order valence-electron chi connectivity index (χ1n) is 8.65. The summed E-state index contributed by atoms with van der Waals surface area (Å²) in [6, 6.07) is 17.3. The zero-order chi connectivity index (χ0) is 18.4. The van der Waals surface area contributed by atoms with Crippen molar-refractivity contribution in [1.29, 1.82) is 0 Å². The van der Waals surface area contributed by atoms with Crippen molar-refractivity contribution in [3.63, 3.8) is 0 Å². The van der Waals surface area contributed by atoms with E-state index in [1.807, 2.05) is 68.4 Å². The van der Waals surface area contributed by atoms with Crippen LogP contribution in [0.25, 0.3) is 11.4 Å². The predicted octanol–water partition coefficient (Wildman–Crippen LogP) is 3.71. The number of aromatic nitrogens is 3. The molecule has 1 atom stereocenters. The van der Waals surface area contributed by atoms with Crippen LogP contribution in [0.1, 0.15) is 13.8 Å². The van der Waals surface area contributed by atoms with Crippen molar-refractivity contribution < 1.29 is 5.11 Å². The second-order valence-electron chi connectivity index (χ2n) is 6.35. The van der Waals surface area contributed by atoms with Crippen LogP contribution in [0.2, 0.25) is 0 Å². The fourth-order valence-corrected chi connectivity index (χ4v) is 2.48. The van der Waals surface area contributed by atoms with Crippen molar-refractivity contribution in [3.8, 4) is 11.4 Å². The smallest absolute Gasteiger partial charge is 0.225 e. The summed E-state index contributed by atoms with van der Waals surface area (Å²) in [6.45, 7) is 4.09. The number of nitrogens with one attached hydrogen (secondary N) is 2. The van der Waals surface area contributed by atoms with Crippen molar-refractivity contribution in [2.24, 2.45) is 5.92 Å². The Morgan fingerprint density at radius 1 is 0.962 bits per heavy atom. The molecule has 0 radical (unpaired) electrons. The van der Waals surface area contributed by atoms with Crippen LogP contribution in [0.5, 0.6) is 0 Å². The molecular formula is C20H23N5O. The SMILES string of the molecule is CC(C)[C@@H](CO)Nc1nc(Nc2ccccc2)cc(-c2ccccn2)n1. The molecule has 0 bridgehead atoms. The summed E-state index contributed by atoms with van der Waals surface area (Å²) in [7, 11) is 0. The molecule has 2 heterocycles. The van der Waals surface area contributed by atoms with E-state index in [4.69, 9.17) is 0 Å². The van der Waals surface area contributed by atoms with Crippen LogP contribution in [0.15, 0.2) is 60.8 Å². The molecule has 0 aliphatic rings. The second kappa shape index (κ2) is 8.40. The highest BCUT2D eigenvalue weighted by molar-refractivity contribution is 5.65. The number of hydrogen-bond acceptors (Lipinski definition) is 6. The van der Waals surface area contributed by atoms with E-state index in [0.717, 1.165) is 11.4 Å². The van der Waals surface area contributed by atoms with E-state index in [1.165, 1.54) is 0 Å². The standard InChI is InChI=1S/C20H23N5O/c1-14(2)18(13-26)24-20-23-17(16-10-6-7-11-21-16)12-19(25-20)22-15-8-4-3-5-9-15/h3-12,14,18,26H,13H2,1-2H3,(H2,22,23,24,25)/t18-/m1/s1. The Morgan fingerprint density at radius 3 is 2.38 bits per heavy atom. The molecule has 6 heteroatoms. The van der Waals surface area contributed by atoms with Crippen molar-refractivity contribution in [3.05, 3.63) is 60.8 Å². The van der Waals surface area contributed by atoms with E-state index in [2.05, 4.69) is 25.6 Å². The molecule has 0 aliphatic carbocycles. The maximum Gasteiger partial charge on any atom is 0.225 e. The number of para-hydroxylation sites is 1. The first-order valence-corrected chi connectivity index (χ1v) is 8.65. The zero-order valence-corrected chi connectivity index (χ0v) is 14.9. The molecule has 0 saturated heterocycles. The monoisotopic (exact) mass is 349 g/mol. The molecule has 134 valence electrons. The van der Waals surface area contributed by atoms with Gasteiger partial charge in [0.15, 0.2) is 0 Å². The molecule has 1 aromatic carbocycles. The molecule has 0 fully saturated rings. The van der Waals surface area contributed by atoms with Gasteiger partial charge in [0.1, 0.15) is 5.82 Å². The number of hydrogen-bond donors (Lipinski definition) is 3. The Morgan fingerprint density at radius 2 is 1.73 bits per heavy atom. The summed E-state index contributed by atoms with van der Waals surface area (Å²) in [5, 5.41) is 16.1. The Bertz CT molecular complexity index is 824. The van der Waals surface area contributed by atoms with Gasteiger partial charge in [0, 0.05) is 18.0 Å². The van der Waals surface area contributed by atoms with Crippen LogP contribution < -0.4 is 10.6 Å². The number of pyridine rings is 1. The van der Waals surface area contributed by atoms with Gasteiger partial charge >= 0.3 is 0 Å². The average Bonchev–Trinajstić information content (AvgIpc) is 2.67. The minimum atomic E-state index is -0.126. The molecule has 0 amide bonds. The first-order chi connectivity index (χ1) is 12.7. The Kier molecular flexibility index (Phi) is 5.76. The lowest BCUT2D eigenvalue weighted by atomic mass is 10.1. The molecule has 0 unspecified atom stereocenters. The van der Waals surface area contributed by atoms with Gasteiger partial charge in [0.2, 0.25) is 5.95 Å². The summed E-state index contributed by atoms with van der Waals surface area (Å²) in [5.74, 6) is 1.36. The first kappa shape index (κ1) is 17.8. The van der Waals surface area contributed by atoms with Gasteiger partial charge in [-0.15, -0.1) is 0 Å². The molecule has 26 heavy (non-hydrogen) atoms. The molecular weight excluding hydrogens is 326 g/mol. The maximum atomic E-state index is 9.60. The molecule has 6 nitrogen and oxygen atoms in total. The molecule has 3 aromatic rings. The van der Waals surface area contributed by atoms with Crippen LogP contribution in [-0.2, 0) is 0 Å². The van der Waals surface area contributed by atoms with Gasteiger partial charge < -0.3 is 15.7 Å². The fourth-order valence-electron chi connectivity index (χ4n) is 2.48. The lowest BCUT2D eigenvalue weighted by molar-refractivity contribution is 0.248. The molecule has 3 N–H and O–H groups in total. The average molecular weight is 349 g/mol. The van der Waals surface area contributed by atoms with Crippen molar-refractivity contribution in [2.45, 2.75) is 19.9 Å². The largest absolute Gasteiger partial charge is 0.394 e. The number of anilines is 3. The summed E-state index contributed by atoms with van der Waals surface area (Å²) >= 11 is 0. The Labute approximate surface area is 153 Å². The normalized spacial score (nSPS) is 12.0. The highest BCUT2D eigenvalue weighted by atomic mass is 16.3. The van der Waals surface area contributed by atoms with E-state index < -0.39 is 0 Å². The summed E-state index contributed by atoms with van der Waals surface area (Å²) in [5.41, 5.74) is 2.41.